The van der Waals surface area contributed by atoms with Crippen LogP contribution < -0.4 is 10.1 Å². The summed E-state index contributed by atoms with van der Waals surface area (Å²) < 4.78 is 10.00. The van der Waals surface area contributed by atoms with Gasteiger partial charge in [0.05, 0.1) is 17.7 Å². The molecule has 0 heterocycles. The number of nitrogens with one attached hydrogen (secondary N) is 1. The molecule has 0 atom stereocenters. The number of methoxy groups -OCH3 is 1. The number of nitrogens with zero attached hydrogens (tertiary/aromatic N) is 1. The highest BCUT2D eigenvalue weighted by atomic mass is 35.5. The average Bonchev–Trinajstić information content (AvgIpc) is 2.62. The van der Waals surface area contributed by atoms with Crippen molar-refractivity contribution in [1.82, 2.24) is 0 Å². The number of benzene rings is 2. The van der Waals surface area contributed by atoms with Gasteiger partial charge in [0.25, 0.3) is 11.6 Å². The first-order valence-electron chi connectivity index (χ1n) is 7.38. The average molecular weight is 379 g/mol. The van der Waals surface area contributed by atoms with Crippen LogP contribution >= 0.6 is 11.6 Å². The third-order valence-electron chi connectivity index (χ3n) is 3.41. The highest BCUT2D eigenvalue weighted by Gasteiger charge is 2.21. The Bertz CT molecular complexity index is 868. The van der Waals surface area contributed by atoms with Gasteiger partial charge in [-0.2, -0.15) is 0 Å². The van der Waals surface area contributed by atoms with Gasteiger partial charge in [0, 0.05) is 17.2 Å². The molecule has 1 N–H and O–H groups in total. The molecule has 2 rings (SSSR count). The molecule has 0 aliphatic carbocycles. The van der Waals surface area contributed by atoms with Crippen LogP contribution in [0.4, 0.5) is 11.4 Å². The number of ether oxygens (including phenoxy) is 2. The zero-order valence-electron chi connectivity index (χ0n) is 13.9. The summed E-state index contributed by atoms with van der Waals surface area (Å²) in [5.41, 5.74) is 0.457. The van der Waals surface area contributed by atoms with Gasteiger partial charge >= 0.3 is 5.97 Å². The molecule has 9 heteroatoms. The van der Waals surface area contributed by atoms with Gasteiger partial charge in [-0.1, -0.05) is 23.7 Å². The van der Waals surface area contributed by atoms with Crippen molar-refractivity contribution in [2.24, 2.45) is 0 Å². The van der Waals surface area contributed by atoms with Crippen molar-refractivity contribution in [3.8, 4) is 5.75 Å². The number of para-hydroxylation sites is 1. The van der Waals surface area contributed by atoms with E-state index >= 15 is 0 Å². The number of nitro benzene ring substituents is 1. The summed E-state index contributed by atoms with van der Waals surface area (Å²) in [7, 11) is 1.42. The molecule has 0 radical (unpaired) electrons. The molecular formula is C17H15ClN2O6. The maximum atomic E-state index is 12.0. The zero-order valence-corrected chi connectivity index (χ0v) is 14.7. The predicted octanol–water partition coefficient (Wildman–Crippen LogP) is 3.36. The monoisotopic (exact) mass is 378 g/mol. The summed E-state index contributed by atoms with van der Waals surface area (Å²) in [6, 6.07) is 8.48. The Balaban J connectivity index is 2.05. The van der Waals surface area contributed by atoms with Gasteiger partial charge < -0.3 is 14.8 Å². The number of hydrogen-bond donors (Lipinski definition) is 1. The highest BCUT2D eigenvalue weighted by Crippen LogP contribution is 2.30. The maximum absolute atomic E-state index is 12.0. The minimum absolute atomic E-state index is 0.231. The van der Waals surface area contributed by atoms with Crippen LogP contribution in [0.1, 0.15) is 15.9 Å². The van der Waals surface area contributed by atoms with E-state index in [0.717, 1.165) is 5.56 Å². The van der Waals surface area contributed by atoms with Crippen LogP contribution in [-0.4, -0.2) is 30.5 Å². The van der Waals surface area contributed by atoms with Crippen LogP contribution in [0.3, 0.4) is 0 Å². The molecule has 0 aromatic heterocycles. The fourth-order valence-corrected chi connectivity index (χ4v) is 2.28. The van der Waals surface area contributed by atoms with Crippen molar-refractivity contribution >= 4 is 34.9 Å². The number of hydrogen-bond acceptors (Lipinski definition) is 6. The van der Waals surface area contributed by atoms with Crippen LogP contribution in [-0.2, 0) is 9.53 Å². The van der Waals surface area contributed by atoms with Crippen molar-refractivity contribution in [2.75, 3.05) is 19.0 Å². The standard InChI is InChI=1S/C17H15ClN2O6/c1-10-7-13(15(25-2)8-12(10)18)19-16(21)9-26-17(22)11-5-3-4-6-14(11)20(23)24/h3-8H,9H2,1-2H3,(H,19,21). The quantitative estimate of drug-likeness (QED) is 0.469. The Morgan fingerprint density at radius 2 is 1.96 bits per heavy atom. The molecule has 0 spiro atoms. The molecule has 26 heavy (non-hydrogen) atoms. The summed E-state index contributed by atoms with van der Waals surface area (Å²) in [5, 5.41) is 13.9. The number of rotatable bonds is 6. The SMILES string of the molecule is COc1cc(Cl)c(C)cc1NC(=O)COC(=O)c1ccccc1[N+](=O)[O-]. The molecule has 0 saturated carbocycles. The van der Waals surface area contributed by atoms with Crippen molar-refractivity contribution in [1.29, 1.82) is 0 Å². The largest absolute Gasteiger partial charge is 0.495 e. The van der Waals surface area contributed by atoms with E-state index in [4.69, 9.17) is 21.1 Å². The third-order valence-corrected chi connectivity index (χ3v) is 3.82. The molecule has 0 aliphatic heterocycles. The van der Waals surface area contributed by atoms with E-state index in [1.54, 1.807) is 19.1 Å². The second-order valence-electron chi connectivity index (χ2n) is 5.20. The number of amides is 1. The fraction of sp³-hybridized carbons (Fsp3) is 0.176. The predicted molar refractivity (Wildman–Crippen MR) is 94.7 cm³/mol. The smallest absolute Gasteiger partial charge is 0.345 e. The van der Waals surface area contributed by atoms with E-state index in [9.17, 15) is 19.7 Å². The topological polar surface area (TPSA) is 108 Å². The lowest BCUT2D eigenvalue weighted by atomic mass is 10.2. The van der Waals surface area contributed by atoms with E-state index in [2.05, 4.69) is 5.32 Å². The van der Waals surface area contributed by atoms with E-state index in [1.165, 1.54) is 31.4 Å². The molecule has 136 valence electrons. The van der Waals surface area contributed by atoms with E-state index < -0.39 is 29.1 Å². The summed E-state index contributed by atoms with van der Waals surface area (Å²) in [6.45, 7) is 1.14. The van der Waals surface area contributed by atoms with Gasteiger partial charge in [0.2, 0.25) is 0 Å². The number of halogens is 1. The van der Waals surface area contributed by atoms with Crippen LogP contribution in [0, 0.1) is 17.0 Å². The van der Waals surface area contributed by atoms with Crippen LogP contribution in [0.5, 0.6) is 5.75 Å². The van der Waals surface area contributed by atoms with Gasteiger partial charge in [-0.05, 0) is 24.6 Å². The third kappa shape index (κ3) is 4.48. The number of anilines is 1. The van der Waals surface area contributed by atoms with Crippen molar-refractivity contribution < 1.29 is 24.0 Å². The lowest BCUT2D eigenvalue weighted by Crippen LogP contribution is -2.21. The molecular weight excluding hydrogens is 364 g/mol. The minimum Gasteiger partial charge on any atom is -0.495 e. The number of nitro groups is 1. The summed E-state index contributed by atoms with van der Waals surface area (Å²) in [6.07, 6.45) is 0. The molecule has 0 saturated heterocycles. The Hall–Kier alpha value is -3.13. The molecule has 0 unspecified atom stereocenters. The molecule has 2 aromatic carbocycles. The molecule has 0 aliphatic rings. The highest BCUT2D eigenvalue weighted by molar-refractivity contribution is 6.31. The normalized spacial score (nSPS) is 10.1. The summed E-state index contributed by atoms with van der Waals surface area (Å²) >= 11 is 5.99. The van der Waals surface area contributed by atoms with Crippen LogP contribution in [0.25, 0.3) is 0 Å². The molecule has 8 nitrogen and oxygen atoms in total. The first-order chi connectivity index (χ1) is 12.3. The van der Waals surface area contributed by atoms with Crippen molar-refractivity contribution in [3.05, 3.63) is 62.7 Å². The molecule has 2 aromatic rings. The van der Waals surface area contributed by atoms with Gasteiger partial charge in [-0.3, -0.25) is 14.9 Å². The number of carbonyl (C=O) groups is 2. The summed E-state index contributed by atoms with van der Waals surface area (Å²) in [5.74, 6) is -1.25. The number of aryl methyl sites for hydroxylation is 1. The van der Waals surface area contributed by atoms with Crippen LogP contribution in [0.15, 0.2) is 36.4 Å². The molecule has 0 fully saturated rings. The van der Waals surface area contributed by atoms with Gasteiger partial charge in [-0.15, -0.1) is 0 Å². The van der Waals surface area contributed by atoms with Gasteiger partial charge in [0.15, 0.2) is 6.61 Å². The summed E-state index contributed by atoms with van der Waals surface area (Å²) in [4.78, 5) is 34.3. The zero-order chi connectivity index (χ0) is 19.3. The Morgan fingerprint density at radius 3 is 2.62 bits per heavy atom. The lowest BCUT2D eigenvalue weighted by Gasteiger charge is -2.12. The Labute approximate surface area is 153 Å². The van der Waals surface area contributed by atoms with Crippen molar-refractivity contribution in [2.45, 2.75) is 6.92 Å². The van der Waals surface area contributed by atoms with E-state index in [1.807, 2.05) is 0 Å². The minimum atomic E-state index is -0.966. The second kappa shape index (κ2) is 8.30. The van der Waals surface area contributed by atoms with Gasteiger partial charge in [-0.25, -0.2) is 4.79 Å². The first kappa shape index (κ1) is 19.2. The number of carbonyl (C=O) groups excluding carboxylic acids is 2. The van der Waals surface area contributed by atoms with E-state index in [0.29, 0.717) is 16.5 Å². The molecule has 1 amide bonds. The van der Waals surface area contributed by atoms with Crippen molar-refractivity contribution in [3.63, 3.8) is 0 Å². The first-order valence-corrected chi connectivity index (χ1v) is 7.75. The number of esters is 1. The maximum Gasteiger partial charge on any atom is 0.345 e. The van der Waals surface area contributed by atoms with Gasteiger partial charge in [0.1, 0.15) is 11.3 Å². The van der Waals surface area contributed by atoms with E-state index in [-0.39, 0.29) is 5.56 Å². The van der Waals surface area contributed by atoms with Crippen LogP contribution in [0.2, 0.25) is 5.02 Å². The fourth-order valence-electron chi connectivity index (χ4n) is 2.13. The molecule has 0 bridgehead atoms. The Kier molecular flexibility index (Phi) is 6.13. The Morgan fingerprint density at radius 1 is 1.27 bits per heavy atom. The second-order valence-corrected chi connectivity index (χ2v) is 5.61. The lowest BCUT2D eigenvalue weighted by molar-refractivity contribution is -0.385.